The molecule has 2 rings (SSSR count). The Labute approximate surface area is 321 Å². The maximum atomic E-state index is 13.9. The number of aromatic amines is 2. The highest BCUT2D eigenvalue weighted by Crippen LogP contribution is 2.08. The SMILES string of the molecule is CC(=O)N[C@H](C(=O)N[C@@H](CCC(=O)O)C(=O)N[C@H](C(=O)N[C@@H](Cc1cnc[nH]1)C(=O)N[C@@H](Cc1cnc[nH]1)C(=O)N[C@@H](CCCCN)C(N)=O)[C@@H](C)O)[C@@H](C)O. The minimum atomic E-state index is -1.79. The van der Waals surface area contributed by atoms with Crippen LogP contribution in [0.2, 0.25) is 0 Å². The van der Waals surface area contributed by atoms with E-state index >= 15 is 0 Å². The minimum Gasteiger partial charge on any atom is -0.481 e. The maximum absolute atomic E-state index is 13.9. The summed E-state index contributed by atoms with van der Waals surface area (Å²) in [4.78, 5) is 116. The van der Waals surface area contributed by atoms with Gasteiger partial charge in [-0.2, -0.15) is 0 Å². The van der Waals surface area contributed by atoms with Gasteiger partial charge in [0.2, 0.25) is 41.4 Å². The van der Waals surface area contributed by atoms with Crippen molar-refractivity contribution < 1.29 is 53.7 Å². The summed E-state index contributed by atoms with van der Waals surface area (Å²) in [5.74, 6) is -7.77. The molecule has 23 nitrogen and oxygen atoms in total. The third kappa shape index (κ3) is 15.8. The van der Waals surface area contributed by atoms with Crippen LogP contribution in [0, 0.1) is 0 Å². The Balaban J connectivity index is 2.36. The van der Waals surface area contributed by atoms with Crippen molar-refractivity contribution in [1.29, 1.82) is 0 Å². The van der Waals surface area contributed by atoms with Crippen LogP contribution in [0.5, 0.6) is 0 Å². The van der Waals surface area contributed by atoms with Gasteiger partial charge in [0.25, 0.3) is 0 Å². The summed E-state index contributed by atoms with van der Waals surface area (Å²) < 4.78 is 0. The number of aliphatic hydroxyl groups is 2. The van der Waals surface area contributed by atoms with Crippen molar-refractivity contribution in [1.82, 2.24) is 51.8 Å². The molecule has 8 atom stereocenters. The molecule has 0 radical (unpaired) electrons. The van der Waals surface area contributed by atoms with E-state index in [1.165, 1.54) is 32.0 Å². The molecule has 0 aliphatic heterocycles. The topological polar surface area (TPSA) is 379 Å². The van der Waals surface area contributed by atoms with E-state index in [-0.39, 0.29) is 19.3 Å². The van der Waals surface area contributed by atoms with Crippen LogP contribution in [0.4, 0.5) is 0 Å². The van der Waals surface area contributed by atoms with Crippen LogP contribution in [0.25, 0.3) is 0 Å². The van der Waals surface area contributed by atoms with Crippen molar-refractivity contribution in [2.24, 2.45) is 11.5 Å². The molecule has 0 fully saturated rings. The molecule has 2 aromatic rings. The number of carboxylic acid groups (broad SMARTS) is 1. The molecular formula is C33H52N12O11. The largest absolute Gasteiger partial charge is 0.481 e. The fourth-order valence-corrected chi connectivity index (χ4v) is 5.32. The number of H-pyrrole nitrogens is 2. The smallest absolute Gasteiger partial charge is 0.303 e. The normalized spacial score (nSPS) is 15.3. The molecule has 2 heterocycles. The van der Waals surface area contributed by atoms with Crippen LogP contribution in [-0.2, 0) is 51.2 Å². The average Bonchev–Trinajstić information content (AvgIpc) is 3.84. The number of carboxylic acids is 1. The van der Waals surface area contributed by atoms with Gasteiger partial charge in [-0.1, -0.05) is 0 Å². The van der Waals surface area contributed by atoms with E-state index in [9.17, 15) is 53.7 Å². The minimum absolute atomic E-state index is 0.135. The van der Waals surface area contributed by atoms with E-state index in [1.807, 2.05) is 0 Å². The molecule has 2 aromatic heterocycles. The van der Waals surface area contributed by atoms with Crippen molar-refractivity contribution in [2.45, 2.75) is 114 Å². The molecule has 0 spiro atoms. The number of carbonyl (C=O) groups is 8. The second kappa shape index (κ2) is 23.1. The first-order valence-corrected chi connectivity index (χ1v) is 17.7. The van der Waals surface area contributed by atoms with Crippen LogP contribution < -0.4 is 43.4 Å². The third-order valence-corrected chi connectivity index (χ3v) is 8.30. The second-order valence-electron chi connectivity index (χ2n) is 13.1. The number of nitrogens with one attached hydrogen (secondary N) is 8. The Morgan fingerprint density at radius 2 is 1.11 bits per heavy atom. The second-order valence-corrected chi connectivity index (χ2v) is 13.1. The zero-order chi connectivity index (χ0) is 41.9. The molecule has 0 saturated carbocycles. The quantitative estimate of drug-likeness (QED) is 0.0419. The molecule has 23 heteroatoms. The highest BCUT2D eigenvalue weighted by atomic mass is 16.4. The molecular weight excluding hydrogens is 740 g/mol. The predicted octanol–water partition coefficient (Wildman–Crippen LogP) is -4.91. The molecule has 0 bridgehead atoms. The Kier molecular flexibility index (Phi) is 19.1. The fourth-order valence-electron chi connectivity index (χ4n) is 5.32. The Bertz CT molecular complexity index is 1620. The zero-order valence-corrected chi connectivity index (χ0v) is 31.2. The van der Waals surface area contributed by atoms with Gasteiger partial charge >= 0.3 is 5.97 Å². The van der Waals surface area contributed by atoms with Gasteiger partial charge in [-0.25, -0.2) is 9.97 Å². The number of primary amides is 1. The van der Waals surface area contributed by atoms with E-state index < -0.39 is 109 Å². The molecule has 7 amide bonds. The first-order chi connectivity index (χ1) is 26.4. The zero-order valence-electron chi connectivity index (χ0n) is 31.2. The van der Waals surface area contributed by atoms with Gasteiger partial charge in [-0.05, 0) is 46.1 Å². The molecule has 0 unspecified atom stereocenters. The predicted molar refractivity (Wildman–Crippen MR) is 194 cm³/mol. The fraction of sp³-hybridized carbons (Fsp3) is 0.576. The van der Waals surface area contributed by atoms with Gasteiger partial charge in [0.1, 0.15) is 36.3 Å². The van der Waals surface area contributed by atoms with Gasteiger partial charge in [-0.3, -0.25) is 38.4 Å². The number of aromatic nitrogens is 4. The molecule has 56 heavy (non-hydrogen) atoms. The lowest BCUT2D eigenvalue weighted by molar-refractivity contribution is -0.139. The third-order valence-electron chi connectivity index (χ3n) is 8.30. The number of amides is 7. The molecule has 0 aliphatic carbocycles. The number of unbranched alkanes of at least 4 members (excludes halogenated alkanes) is 1. The number of nitrogens with zero attached hydrogens (tertiary/aromatic N) is 2. The van der Waals surface area contributed by atoms with Crippen LogP contribution in [0.3, 0.4) is 0 Å². The van der Waals surface area contributed by atoms with Gasteiger partial charge < -0.3 is 68.7 Å². The van der Waals surface area contributed by atoms with Crippen molar-refractivity contribution in [3.8, 4) is 0 Å². The highest BCUT2D eigenvalue weighted by molar-refractivity contribution is 5.97. The van der Waals surface area contributed by atoms with E-state index in [0.29, 0.717) is 30.8 Å². The van der Waals surface area contributed by atoms with Crippen molar-refractivity contribution in [2.75, 3.05) is 6.54 Å². The number of rotatable bonds is 25. The molecule has 0 aromatic carbocycles. The van der Waals surface area contributed by atoms with Gasteiger partial charge in [-0.15, -0.1) is 0 Å². The van der Waals surface area contributed by atoms with E-state index in [1.54, 1.807) is 0 Å². The monoisotopic (exact) mass is 792 g/mol. The summed E-state index contributed by atoms with van der Waals surface area (Å²) in [7, 11) is 0. The summed E-state index contributed by atoms with van der Waals surface area (Å²) in [5, 5.41) is 44.2. The summed E-state index contributed by atoms with van der Waals surface area (Å²) >= 11 is 0. The number of nitrogens with two attached hydrogens (primary N) is 2. The van der Waals surface area contributed by atoms with Gasteiger partial charge in [0, 0.05) is 50.0 Å². The van der Waals surface area contributed by atoms with Crippen LogP contribution in [0.1, 0.15) is 64.3 Å². The molecule has 310 valence electrons. The molecule has 15 N–H and O–H groups in total. The highest BCUT2D eigenvalue weighted by Gasteiger charge is 2.36. The summed E-state index contributed by atoms with van der Waals surface area (Å²) in [5.41, 5.74) is 11.8. The van der Waals surface area contributed by atoms with E-state index in [4.69, 9.17) is 11.5 Å². The Hall–Kier alpha value is -5.94. The number of carbonyl (C=O) groups excluding carboxylic acids is 7. The number of hydrogen-bond acceptors (Lipinski definition) is 13. The lowest BCUT2D eigenvalue weighted by Crippen LogP contribution is -2.62. The van der Waals surface area contributed by atoms with Gasteiger partial charge in [0.05, 0.1) is 24.9 Å². The summed E-state index contributed by atoms with van der Waals surface area (Å²) in [6, 6.07) is -8.86. The van der Waals surface area contributed by atoms with Crippen molar-refractivity contribution in [3.63, 3.8) is 0 Å². The van der Waals surface area contributed by atoms with Crippen molar-refractivity contribution in [3.05, 3.63) is 36.4 Å². The molecule has 0 aliphatic rings. The van der Waals surface area contributed by atoms with Gasteiger partial charge in [0.15, 0.2) is 0 Å². The van der Waals surface area contributed by atoms with E-state index in [0.717, 1.165) is 13.8 Å². The first-order valence-electron chi connectivity index (χ1n) is 17.7. The molecule has 0 saturated heterocycles. The standard InChI is InChI=1S/C33H52N12O11/c1-16(46)26(40-18(3)48)32(55)42-22(7-8-25(49)50)29(52)45-27(17(2)47)33(56)44-24(11-20-13-37-15-39-20)31(54)43-23(10-19-12-36-14-38-19)30(53)41-21(28(35)51)6-4-5-9-34/h12-17,21-24,26-27,46-47H,4-11,34H2,1-3H3,(H2,35,51)(H,36,38)(H,37,39)(H,40,48)(H,41,53)(H,42,55)(H,43,54)(H,44,56)(H,45,52)(H,49,50)/t16-,17-,21+,22+,23+,24+,26+,27+/m1/s1. The lowest BCUT2D eigenvalue weighted by atomic mass is 10.0. The maximum Gasteiger partial charge on any atom is 0.303 e. The number of aliphatic hydroxyl groups excluding tert-OH is 2. The summed E-state index contributed by atoms with van der Waals surface area (Å²) in [6.07, 6.45) is 2.13. The average molecular weight is 793 g/mol. The Morgan fingerprint density at radius 1 is 0.661 bits per heavy atom. The number of hydrogen-bond donors (Lipinski definition) is 13. The lowest BCUT2D eigenvalue weighted by Gasteiger charge is -2.28. The summed E-state index contributed by atoms with van der Waals surface area (Å²) in [6.45, 7) is 3.79. The number of imidazole rings is 2. The Morgan fingerprint density at radius 3 is 1.52 bits per heavy atom. The van der Waals surface area contributed by atoms with Crippen LogP contribution in [0.15, 0.2) is 25.0 Å². The number of aliphatic carboxylic acids is 1. The van der Waals surface area contributed by atoms with Crippen molar-refractivity contribution >= 4 is 47.3 Å². The van der Waals surface area contributed by atoms with Crippen LogP contribution >= 0.6 is 0 Å². The first kappa shape index (κ1) is 46.2. The van der Waals surface area contributed by atoms with E-state index in [2.05, 4.69) is 51.8 Å². The van der Waals surface area contributed by atoms with Crippen LogP contribution in [-0.4, -0.2) is 138 Å².